The molecule has 1 unspecified atom stereocenters. The number of benzene rings is 2. The first kappa shape index (κ1) is 27.2. The number of H-pyrrole nitrogens is 1. The highest BCUT2D eigenvalue weighted by molar-refractivity contribution is 6.04. The molecule has 0 saturated carbocycles. The molecule has 1 aliphatic rings. The van der Waals surface area contributed by atoms with Gasteiger partial charge >= 0.3 is 18.0 Å². The van der Waals surface area contributed by atoms with Crippen molar-refractivity contribution in [3.63, 3.8) is 0 Å². The molecule has 37 heavy (non-hydrogen) atoms. The first-order valence-electron chi connectivity index (χ1n) is 11.9. The van der Waals surface area contributed by atoms with Gasteiger partial charge in [-0.25, -0.2) is 14.4 Å². The van der Waals surface area contributed by atoms with Gasteiger partial charge in [0.2, 0.25) is 0 Å². The van der Waals surface area contributed by atoms with Crippen molar-refractivity contribution >= 4 is 34.8 Å². The van der Waals surface area contributed by atoms with Crippen LogP contribution in [0.3, 0.4) is 0 Å². The highest BCUT2D eigenvalue weighted by Gasteiger charge is 2.37. The number of carboxylic acid groups (broad SMARTS) is 2. The molecule has 3 amide bonds. The lowest BCUT2D eigenvalue weighted by Gasteiger charge is -2.13. The quantitative estimate of drug-likeness (QED) is 0.208. The van der Waals surface area contributed by atoms with Crippen molar-refractivity contribution < 1.29 is 29.4 Å². The van der Waals surface area contributed by atoms with Crippen molar-refractivity contribution in [3.05, 3.63) is 83.6 Å². The predicted octanol–water partition coefficient (Wildman–Crippen LogP) is 2.48. The Kier molecular flexibility index (Phi) is 9.56. The first-order chi connectivity index (χ1) is 17.8. The van der Waals surface area contributed by atoms with Gasteiger partial charge in [-0.05, 0) is 54.6 Å². The van der Waals surface area contributed by atoms with E-state index < -0.39 is 18.0 Å². The number of aromatic nitrogens is 1. The summed E-state index contributed by atoms with van der Waals surface area (Å²) in [4.78, 5) is 48.8. The minimum Gasteiger partial charge on any atom is -0.478 e. The van der Waals surface area contributed by atoms with Gasteiger partial charge in [-0.1, -0.05) is 36.4 Å². The van der Waals surface area contributed by atoms with E-state index in [0.717, 1.165) is 35.7 Å². The summed E-state index contributed by atoms with van der Waals surface area (Å²) < 4.78 is 0. The lowest BCUT2D eigenvalue weighted by molar-refractivity contribution is -0.134. The first-order valence-corrected chi connectivity index (χ1v) is 11.9. The summed E-state index contributed by atoms with van der Waals surface area (Å²) in [5.74, 6) is -2.65. The highest BCUT2D eigenvalue weighted by atomic mass is 16.4. The zero-order chi connectivity index (χ0) is 26.8. The lowest BCUT2D eigenvalue weighted by Crippen LogP contribution is -2.33. The van der Waals surface area contributed by atoms with E-state index in [9.17, 15) is 19.2 Å². The topological polar surface area (TPSA) is 166 Å². The van der Waals surface area contributed by atoms with E-state index in [2.05, 4.69) is 28.5 Å². The third kappa shape index (κ3) is 7.77. The van der Waals surface area contributed by atoms with Gasteiger partial charge in [-0.2, -0.15) is 0 Å². The van der Waals surface area contributed by atoms with Gasteiger partial charge in [0.25, 0.3) is 5.91 Å². The lowest BCUT2D eigenvalue weighted by atomic mass is 10.0. The van der Waals surface area contributed by atoms with Gasteiger partial charge in [-0.15, -0.1) is 0 Å². The van der Waals surface area contributed by atoms with E-state index in [0.29, 0.717) is 31.7 Å². The molecular weight excluding hydrogens is 476 g/mol. The van der Waals surface area contributed by atoms with Gasteiger partial charge in [0, 0.05) is 42.2 Å². The number of carbonyl (C=O) groups is 4. The monoisotopic (exact) mass is 506 g/mol. The van der Waals surface area contributed by atoms with E-state index in [1.165, 1.54) is 16.0 Å². The number of carboxylic acids is 2. The van der Waals surface area contributed by atoms with Crippen molar-refractivity contribution in [1.82, 2.24) is 15.2 Å². The van der Waals surface area contributed by atoms with Gasteiger partial charge < -0.3 is 26.2 Å². The van der Waals surface area contributed by atoms with Crippen LogP contribution in [0, 0.1) is 0 Å². The van der Waals surface area contributed by atoms with Crippen molar-refractivity contribution in [2.45, 2.75) is 31.7 Å². The minimum absolute atomic E-state index is 0.139. The van der Waals surface area contributed by atoms with Crippen molar-refractivity contribution in [2.24, 2.45) is 5.73 Å². The number of aromatic amines is 1. The predicted molar refractivity (Wildman–Crippen MR) is 138 cm³/mol. The Morgan fingerprint density at radius 3 is 2.32 bits per heavy atom. The van der Waals surface area contributed by atoms with Crippen molar-refractivity contribution in [1.29, 1.82) is 0 Å². The van der Waals surface area contributed by atoms with Crippen LogP contribution in [0.4, 0.5) is 4.79 Å². The molecule has 10 heteroatoms. The average Bonchev–Trinajstić information content (AvgIpc) is 3.39. The van der Waals surface area contributed by atoms with Gasteiger partial charge in [-0.3, -0.25) is 9.69 Å². The SMILES string of the molecule is NCCc1c[nH]c2ccc(CC3NC(=O)N(CCCc4ccccc4)C3=O)cc12.O=C(O)C=CC(=O)O. The molecule has 4 rings (SSSR count). The largest absolute Gasteiger partial charge is 0.478 e. The fraction of sp³-hybridized carbons (Fsp3) is 0.259. The Bertz CT molecular complexity index is 1270. The van der Waals surface area contributed by atoms with E-state index in [4.69, 9.17) is 15.9 Å². The number of urea groups is 1. The Balaban J connectivity index is 0.000000414. The second-order valence-corrected chi connectivity index (χ2v) is 8.53. The molecular formula is C27H30N4O6. The molecule has 1 fully saturated rings. The van der Waals surface area contributed by atoms with Crippen LogP contribution in [-0.2, 0) is 33.6 Å². The summed E-state index contributed by atoms with van der Waals surface area (Å²) in [6.07, 6.45) is 5.99. The summed E-state index contributed by atoms with van der Waals surface area (Å²) in [6.45, 7) is 1.03. The van der Waals surface area contributed by atoms with Gasteiger partial charge in [0.05, 0.1) is 0 Å². The van der Waals surface area contributed by atoms with Crippen LogP contribution < -0.4 is 11.1 Å². The number of aliphatic carboxylic acids is 2. The normalized spacial score (nSPS) is 15.1. The molecule has 2 aromatic carbocycles. The maximum atomic E-state index is 12.8. The average molecular weight is 507 g/mol. The molecule has 0 radical (unpaired) electrons. The summed E-state index contributed by atoms with van der Waals surface area (Å²) in [7, 11) is 0. The molecule has 194 valence electrons. The van der Waals surface area contributed by atoms with Crippen LogP contribution in [0.15, 0.2) is 66.9 Å². The van der Waals surface area contributed by atoms with Crippen LogP contribution >= 0.6 is 0 Å². The molecule has 3 aromatic rings. The second kappa shape index (κ2) is 13.0. The number of aryl methyl sites for hydroxylation is 1. The third-order valence-electron chi connectivity index (χ3n) is 5.85. The number of fused-ring (bicyclic) bond motifs is 1. The molecule has 1 saturated heterocycles. The summed E-state index contributed by atoms with van der Waals surface area (Å²) in [5.41, 5.74) is 10.2. The maximum Gasteiger partial charge on any atom is 0.328 e. The maximum absolute atomic E-state index is 12.8. The van der Waals surface area contributed by atoms with Crippen LogP contribution in [0.2, 0.25) is 0 Å². The van der Waals surface area contributed by atoms with E-state index >= 15 is 0 Å². The van der Waals surface area contributed by atoms with Crippen LogP contribution in [0.25, 0.3) is 10.9 Å². The molecule has 1 aromatic heterocycles. The number of nitrogens with one attached hydrogen (secondary N) is 2. The minimum atomic E-state index is -1.26. The molecule has 0 bridgehead atoms. The molecule has 0 spiro atoms. The second-order valence-electron chi connectivity index (χ2n) is 8.53. The zero-order valence-corrected chi connectivity index (χ0v) is 20.2. The number of rotatable bonds is 10. The summed E-state index contributed by atoms with van der Waals surface area (Å²) in [5, 5.41) is 19.6. The standard InChI is InChI=1S/C23H26N4O2.C4H4O4/c24-11-10-18-15-25-20-9-8-17(13-19(18)20)14-21-22(28)27(23(29)26-21)12-4-7-16-5-2-1-3-6-16;5-3(6)1-2-4(7)8/h1-3,5-6,8-9,13,15,21,25H,4,7,10-12,14,24H2,(H,26,29);1-2H,(H,5,6)(H,7,8). The molecule has 0 aliphatic carbocycles. The number of hydrogen-bond acceptors (Lipinski definition) is 5. The number of nitrogens with two attached hydrogens (primary N) is 1. The number of nitrogens with zero attached hydrogens (tertiary/aromatic N) is 1. The molecule has 10 nitrogen and oxygen atoms in total. The van der Waals surface area contributed by atoms with Gasteiger partial charge in [0.1, 0.15) is 6.04 Å². The summed E-state index contributed by atoms with van der Waals surface area (Å²) in [6, 6.07) is 15.4. The fourth-order valence-corrected chi connectivity index (χ4v) is 4.11. The highest BCUT2D eigenvalue weighted by Crippen LogP contribution is 2.22. The van der Waals surface area contributed by atoms with Crippen LogP contribution in [0.5, 0.6) is 0 Å². The third-order valence-corrected chi connectivity index (χ3v) is 5.85. The number of imide groups is 1. The number of amides is 3. The zero-order valence-electron chi connectivity index (χ0n) is 20.2. The molecule has 6 N–H and O–H groups in total. The Morgan fingerprint density at radius 2 is 1.68 bits per heavy atom. The van der Waals surface area contributed by atoms with E-state index in [1.807, 2.05) is 36.5 Å². The Hall–Kier alpha value is -4.44. The van der Waals surface area contributed by atoms with Crippen molar-refractivity contribution in [3.8, 4) is 0 Å². The van der Waals surface area contributed by atoms with Gasteiger partial charge in [0.15, 0.2) is 0 Å². The van der Waals surface area contributed by atoms with E-state index in [-0.39, 0.29) is 11.9 Å². The number of carbonyl (C=O) groups excluding carboxylic acids is 2. The Morgan fingerprint density at radius 1 is 0.973 bits per heavy atom. The molecule has 1 aliphatic heterocycles. The van der Waals surface area contributed by atoms with Crippen LogP contribution in [-0.4, -0.2) is 63.1 Å². The van der Waals surface area contributed by atoms with E-state index in [1.54, 1.807) is 0 Å². The molecule has 1 atom stereocenters. The van der Waals surface area contributed by atoms with Crippen molar-refractivity contribution in [2.75, 3.05) is 13.1 Å². The smallest absolute Gasteiger partial charge is 0.328 e. The van der Waals surface area contributed by atoms with Crippen LogP contribution in [0.1, 0.15) is 23.1 Å². The summed E-state index contributed by atoms with van der Waals surface area (Å²) >= 11 is 0. The number of hydrogen-bond donors (Lipinski definition) is 5. The Labute approximate surface area is 213 Å². The fourth-order valence-electron chi connectivity index (χ4n) is 4.11. The molecule has 2 heterocycles.